The van der Waals surface area contributed by atoms with Crippen molar-refractivity contribution in [1.29, 1.82) is 0 Å². The number of nitrogens with two attached hydrogens (primary N) is 1. The van der Waals surface area contributed by atoms with Crippen molar-refractivity contribution in [3.63, 3.8) is 0 Å². The topological polar surface area (TPSA) is 43.8 Å². The minimum atomic E-state index is 0.143. The molecule has 20 heavy (non-hydrogen) atoms. The Hall–Kier alpha value is -0.540. The van der Waals surface area contributed by atoms with Crippen molar-refractivity contribution >= 4 is 11.6 Å². The molecule has 1 aromatic heterocycles. The number of hydrogen-bond acceptors (Lipinski definition) is 2. The van der Waals surface area contributed by atoms with Crippen molar-refractivity contribution in [3.8, 4) is 0 Å². The van der Waals surface area contributed by atoms with Crippen LogP contribution in [0.15, 0.2) is 0 Å². The van der Waals surface area contributed by atoms with Crippen LogP contribution in [0, 0.1) is 11.3 Å². The molecule has 3 nitrogen and oxygen atoms in total. The van der Waals surface area contributed by atoms with E-state index in [1.54, 1.807) is 0 Å². The highest BCUT2D eigenvalue weighted by atomic mass is 35.5. The third-order valence-electron chi connectivity index (χ3n) is 3.62. The molecule has 1 heterocycles. The number of aromatic nitrogens is 2. The van der Waals surface area contributed by atoms with Gasteiger partial charge in [-0.3, -0.25) is 4.68 Å². The summed E-state index contributed by atoms with van der Waals surface area (Å²) in [5, 5.41) is 5.25. The second-order valence-electron chi connectivity index (χ2n) is 7.25. The standard InChI is InChI=1S/C16H30ClN3/c1-7-13-15(17)14(20(6)19-13)9-12(18)8-11(2)10-16(3,4)5/h11-12H,7-10,18H2,1-6H3. The van der Waals surface area contributed by atoms with E-state index < -0.39 is 0 Å². The predicted octanol–water partition coefficient (Wildman–Crippen LogP) is 3.97. The van der Waals surface area contributed by atoms with Gasteiger partial charge in [0, 0.05) is 19.5 Å². The first kappa shape index (κ1) is 17.5. The summed E-state index contributed by atoms with van der Waals surface area (Å²) in [7, 11) is 1.95. The molecule has 0 aromatic carbocycles. The molecule has 0 aliphatic rings. The summed E-state index contributed by atoms with van der Waals surface area (Å²) in [6.45, 7) is 11.2. The maximum atomic E-state index is 6.38. The maximum Gasteiger partial charge on any atom is 0.0850 e. The number of hydrogen-bond donors (Lipinski definition) is 1. The lowest BCUT2D eigenvalue weighted by atomic mass is 9.82. The zero-order valence-corrected chi connectivity index (χ0v) is 14.6. The van der Waals surface area contributed by atoms with Crippen molar-refractivity contribution in [2.24, 2.45) is 24.1 Å². The SMILES string of the molecule is CCc1nn(C)c(CC(N)CC(C)CC(C)(C)C)c1Cl. The monoisotopic (exact) mass is 299 g/mol. The molecule has 0 bridgehead atoms. The van der Waals surface area contributed by atoms with E-state index in [0.29, 0.717) is 11.3 Å². The Morgan fingerprint density at radius 2 is 1.95 bits per heavy atom. The molecule has 0 saturated heterocycles. The fourth-order valence-electron chi connectivity index (χ4n) is 3.02. The molecule has 2 N–H and O–H groups in total. The summed E-state index contributed by atoms with van der Waals surface area (Å²) in [5.41, 5.74) is 8.71. The van der Waals surface area contributed by atoms with Crippen LogP contribution in [0.25, 0.3) is 0 Å². The van der Waals surface area contributed by atoms with Gasteiger partial charge in [-0.05, 0) is 30.6 Å². The molecule has 0 spiro atoms. The fraction of sp³-hybridized carbons (Fsp3) is 0.812. The van der Waals surface area contributed by atoms with Crippen molar-refractivity contribution in [3.05, 3.63) is 16.4 Å². The van der Waals surface area contributed by atoms with Gasteiger partial charge in [-0.15, -0.1) is 0 Å². The number of halogens is 1. The summed E-state index contributed by atoms with van der Waals surface area (Å²) in [5.74, 6) is 0.627. The minimum absolute atomic E-state index is 0.143. The molecule has 4 heteroatoms. The Morgan fingerprint density at radius 3 is 2.40 bits per heavy atom. The first-order valence-corrected chi connectivity index (χ1v) is 7.97. The van der Waals surface area contributed by atoms with Crippen LogP contribution in [0.3, 0.4) is 0 Å². The second-order valence-corrected chi connectivity index (χ2v) is 7.63. The molecule has 2 atom stereocenters. The zero-order valence-electron chi connectivity index (χ0n) is 13.8. The Balaban J connectivity index is 2.63. The highest BCUT2D eigenvalue weighted by Gasteiger charge is 2.20. The third-order valence-corrected chi connectivity index (χ3v) is 4.06. The quantitative estimate of drug-likeness (QED) is 0.864. The van der Waals surface area contributed by atoms with Crippen molar-refractivity contribution in [2.45, 2.75) is 66.3 Å². The summed E-state index contributed by atoms with van der Waals surface area (Å²) in [6.07, 6.45) is 3.89. The fourth-order valence-corrected chi connectivity index (χ4v) is 3.39. The Kier molecular flexibility index (Phi) is 6.08. The van der Waals surface area contributed by atoms with Gasteiger partial charge in [0.05, 0.1) is 16.4 Å². The summed E-state index contributed by atoms with van der Waals surface area (Å²) in [4.78, 5) is 0. The smallest absolute Gasteiger partial charge is 0.0850 e. The van der Waals surface area contributed by atoms with Crippen LogP contribution < -0.4 is 5.73 Å². The highest BCUT2D eigenvalue weighted by Crippen LogP contribution is 2.28. The van der Waals surface area contributed by atoms with E-state index in [-0.39, 0.29) is 6.04 Å². The predicted molar refractivity (Wildman–Crippen MR) is 87.1 cm³/mol. The molecule has 2 unspecified atom stereocenters. The normalized spacial score (nSPS) is 15.4. The van der Waals surface area contributed by atoms with Gasteiger partial charge < -0.3 is 5.73 Å². The Bertz CT molecular complexity index is 432. The molecular weight excluding hydrogens is 270 g/mol. The summed E-state index contributed by atoms with van der Waals surface area (Å²) in [6, 6.07) is 0.143. The van der Waals surface area contributed by atoms with Crippen molar-refractivity contribution < 1.29 is 0 Å². The first-order chi connectivity index (χ1) is 9.14. The van der Waals surface area contributed by atoms with Crippen LogP contribution in [0.5, 0.6) is 0 Å². The van der Waals surface area contributed by atoms with Crippen LogP contribution >= 0.6 is 11.6 Å². The van der Waals surface area contributed by atoms with Gasteiger partial charge in [0.1, 0.15) is 0 Å². The molecule has 0 radical (unpaired) electrons. The average molecular weight is 300 g/mol. The van der Waals surface area contributed by atoms with E-state index in [9.17, 15) is 0 Å². The number of nitrogens with zero attached hydrogens (tertiary/aromatic N) is 2. The van der Waals surface area contributed by atoms with E-state index in [0.717, 1.165) is 35.7 Å². The average Bonchev–Trinajstić information content (AvgIpc) is 2.53. The van der Waals surface area contributed by atoms with E-state index in [2.05, 4.69) is 39.7 Å². The van der Waals surface area contributed by atoms with Gasteiger partial charge in [-0.2, -0.15) is 5.10 Å². The lowest BCUT2D eigenvalue weighted by Crippen LogP contribution is -2.27. The van der Waals surface area contributed by atoms with Crippen LogP contribution in [0.2, 0.25) is 5.02 Å². The summed E-state index contributed by atoms with van der Waals surface area (Å²) < 4.78 is 1.88. The molecule has 0 amide bonds. The van der Waals surface area contributed by atoms with E-state index >= 15 is 0 Å². The van der Waals surface area contributed by atoms with Crippen LogP contribution in [-0.2, 0) is 19.9 Å². The van der Waals surface area contributed by atoms with Gasteiger partial charge in [0.15, 0.2) is 0 Å². The lowest BCUT2D eigenvalue weighted by Gasteiger charge is -2.25. The van der Waals surface area contributed by atoms with Gasteiger partial charge in [0.2, 0.25) is 0 Å². The highest BCUT2D eigenvalue weighted by molar-refractivity contribution is 6.31. The van der Waals surface area contributed by atoms with Crippen molar-refractivity contribution in [2.75, 3.05) is 0 Å². The lowest BCUT2D eigenvalue weighted by molar-refractivity contribution is 0.284. The number of rotatable bonds is 6. The Morgan fingerprint density at radius 1 is 1.35 bits per heavy atom. The number of aryl methyl sites for hydroxylation is 2. The largest absolute Gasteiger partial charge is 0.327 e. The van der Waals surface area contributed by atoms with Crippen LogP contribution in [-0.4, -0.2) is 15.8 Å². The van der Waals surface area contributed by atoms with E-state index in [4.69, 9.17) is 17.3 Å². The molecule has 0 saturated carbocycles. The molecule has 1 rings (SSSR count). The van der Waals surface area contributed by atoms with Crippen LogP contribution in [0.4, 0.5) is 0 Å². The Labute approximate surface area is 128 Å². The van der Waals surface area contributed by atoms with Gasteiger partial charge in [-0.25, -0.2) is 0 Å². The van der Waals surface area contributed by atoms with Gasteiger partial charge in [-0.1, -0.05) is 46.2 Å². The molecule has 0 aliphatic heterocycles. The molecule has 0 fully saturated rings. The van der Waals surface area contributed by atoms with Gasteiger partial charge in [0.25, 0.3) is 0 Å². The molecule has 0 aliphatic carbocycles. The van der Waals surface area contributed by atoms with Crippen molar-refractivity contribution in [1.82, 2.24) is 9.78 Å². The molecule has 1 aromatic rings. The van der Waals surface area contributed by atoms with E-state index in [1.165, 1.54) is 6.42 Å². The first-order valence-electron chi connectivity index (χ1n) is 7.59. The third kappa shape index (κ3) is 5.10. The van der Waals surface area contributed by atoms with Gasteiger partial charge >= 0.3 is 0 Å². The zero-order chi connectivity index (χ0) is 15.5. The minimum Gasteiger partial charge on any atom is -0.327 e. The molecular formula is C16H30ClN3. The summed E-state index contributed by atoms with van der Waals surface area (Å²) >= 11 is 6.38. The maximum absolute atomic E-state index is 6.38. The second kappa shape index (κ2) is 6.95. The van der Waals surface area contributed by atoms with E-state index in [1.807, 2.05) is 11.7 Å². The molecule has 116 valence electrons. The van der Waals surface area contributed by atoms with Crippen LogP contribution in [0.1, 0.15) is 58.8 Å².